The van der Waals surface area contributed by atoms with Gasteiger partial charge in [0, 0.05) is 37.7 Å². The first-order chi connectivity index (χ1) is 21.9. The maximum Gasteiger partial charge on any atom is 0.315 e. The number of amides is 2. The molecule has 0 bridgehead atoms. The minimum absolute atomic E-state index is 0.0114. The van der Waals surface area contributed by atoms with Crippen molar-refractivity contribution in [3.8, 4) is 0 Å². The van der Waals surface area contributed by atoms with E-state index in [1.807, 2.05) is 123 Å². The van der Waals surface area contributed by atoms with E-state index in [1.165, 1.54) is 0 Å². The van der Waals surface area contributed by atoms with Gasteiger partial charge in [-0.15, -0.1) is 0 Å². The van der Waals surface area contributed by atoms with Gasteiger partial charge in [0.1, 0.15) is 0 Å². The van der Waals surface area contributed by atoms with E-state index in [-0.39, 0.29) is 30.9 Å². The highest BCUT2D eigenvalue weighted by atomic mass is 16.7. The summed E-state index contributed by atoms with van der Waals surface area (Å²) in [5, 5.41) is 26.3. The highest BCUT2D eigenvalue weighted by molar-refractivity contribution is 5.73. The molecule has 1 saturated heterocycles. The number of benzene rings is 4. The van der Waals surface area contributed by atoms with Crippen molar-refractivity contribution in [2.75, 3.05) is 13.6 Å². The third kappa shape index (κ3) is 9.00. The number of likely N-dealkylation sites (N-methyl/N-ethyl adjacent to an activating group) is 1. The van der Waals surface area contributed by atoms with Gasteiger partial charge < -0.3 is 30.3 Å². The van der Waals surface area contributed by atoms with Crippen LogP contribution in [0.2, 0.25) is 0 Å². The minimum atomic E-state index is -0.629. The topological polar surface area (TPSA) is 103 Å². The molecule has 1 heterocycles. The van der Waals surface area contributed by atoms with E-state index >= 15 is 0 Å². The molecule has 2 amide bonds. The highest BCUT2D eigenvalue weighted by Gasteiger charge is 2.34. The van der Waals surface area contributed by atoms with Crippen molar-refractivity contribution in [1.82, 2.24) is 15.5 Å². The highest BCUT2D eigenvalue weighted by Crippen LogP contribution is 2.38. The summed E-state index contributed by atoms with van der Waals surface area (Å²) < 4.78 is 13.0. The predicted octanol–water partition coefficient (Wildman–Crippen LogP) is 5.78. The Morgan fingerprint density at radius 3 is 1.98 bits per heavy atom. The van der Waals surface area contributed by atoms with Crippen molar-refractivity contribution in [1.29, 1.82) is 0 Å². The van der Waals surface area contributed by atoms with Gasteiger partial charge in [-0.05, 0) is 41.8 Å². The number of carbonyl (C=O) groups is 1. The third-order valence-electron chi connectivity index (χ3n) is 8.40. The van der Waals surface area contributed by atoms with Gasteiger partial charge in [-0.25, -0.2) is 4.79 Å². The molecule has 0 unspecified atom stereocenters. The molecule has 236 valence electrons. The van der Waals surface area contributed by atoms with Crippen molar-refractivity contribution in [2.24, 2.45) is 0 Å². The summed E-state index contributed by atoms with van der Waals surface area (Å²) in [6, 6.07) is 34.9. The zero-order valence-corrected chi connectivity index (χ0v) is 25.9. The van der Waals surface area contributed by atoms with Gasteiger partial charge in [-0.3, -0.25) is 4.90 Å². The summed E-state index contributed by atoms with van der Waals surface area (Å²) in [6.07, 6.45) is -0.941. The molecule has 0 radical (unpaired) electrons. The lowest BCUT2D eigenvalue weighted by atomic mass is 9.98. The van der Waals surface area contributed by atoms with Gasteiger partial charge in [0.05, 0.1) is 24.9 Å². The van der Waals surface area contributed by atoms with Gasteiger partial charge in [0.25, 0.3) is 0 Å². The molecule has 0 aliphatic carbocycles. The molecule has 4 aromatic rings. The Bertz CT molecular complexity index is 1470. The van der Waals surface area contributed by atoms with Crippen LogP contribution in [0.4, 0.5) is 4.79 Å². The largest absolute Gasteiger partial charge is 0.392 e. The number of nitrogens with zero attached hydrogens (tertiary/aromatic N) is 1. The van der Waals surface area contributed by atoms with Crippen LogP contribution < -0.4 is 10.6 Å². The second-order valence-electron chi connectivity index (χ2n) is 11.6. The molecule has 0 spiro atoms. The van der Waals surface area contributed by atoms with E-state index < -0.39 is 12.4 Å². The Kier molecular flexibility index (Phi) is 11.4. The van der Waals surface area contributed by atoms with Crippen molar-refractivity contribution in [2.45, 2.75) is 63.7 Å². The van der Waals surface area contributed by atoms with E-state index in [0.717, 1.165) is 33.4 Å². The first kappa shape index (κ1) is 32.3. The fraction of sp³-hybridized carbons (Fsp3) is 0.324. The predicted molar refractivity (Wildman–Crippen MR) is 174 cm³/mol. The number of aliphatic hydroxyl groups is 2. The SMILES string of the molecule is C[C@H]([C@@H](O)c1ccccc1)N(C)C[C@@H]1C[C@H](c2ccc(CO)cc2)O[C@H](c2ccc(CNC(=O)NCc3ccccc3)cc2)O1. The number of rotatable bonds is 12. The van der Waals surface area contributed by atoms with Crippen LogP contribution >= 0.6 is 0 Å². The molecule has 45 heavy (non-hydrogen) atoms. The fourth-order valence-electron chi connectivity index (χ4n) is 5.51. The van der Waals surface area contributed by atoms with E-state index in [9.17, 15) is 15.0 Å². The Balaban J connectivity index is 1.23. The van der Waals surface area contributed by atoms with Crippen LogP contribution in [-0.4, -0.2) is 46.9 Å². The van der Waals surface area contributed by atoms with Gasteiger partial charge in [-0.2, -0.15) is 0 Å². The third-order valence-corrected chi connectivity index (χ3v) is 8.40. The zero-order valence-electron chi connectivity index (χ0n) is 25.9. The minimum Gasteiger partial charge on any atom is -0.392 e. The lowest BCUT2D eigenvalue weighted by molar-refractivity contribution is -0.253. The molecule has 5 rings (SSSR count). The van der Waals surface area contributed by atoms with E-state index in [4.69, 9.17) is 9.47 Å². The molecule has 4 aromatic carbocycles. The summed E-state index contributed by atoms with van der Waals surface area (Å²) in [6.45, 7) is 3.47. The Morgan fingerprint density at radius 2 is 1.36 bits per heavy atom. The fourth-order valence-corrected chi connectivity index (χ4v) is 5.51. The lowest BCUT2D eigenvalue weighted by Gasteiger charge is -2.39. The first-order valence-corrected chi connectivity index (χ1v) is 15.5. The summed E-state index contributed by atoms with van der Waals surface area (Å²) >= 11 is 0. The monoisotopic (exact) mass is 609 g/mol. The van der Waals surface area contributed by atoms with Crippen molar-refractivity contribution in [3.05, 3.63) is 143 Å². The number of hydrogen-bond acceptors (Lipinski definition) is 6. The van der Waals surface area contributed by atoms with E-state index in [1.54, 1.807) is 0 Å². The van der Waals surface area contributed by atoms with Crippen molar-refractivity contribution in [3.63, 3.8) is 0 Å². The maximum atomic E-state index is 12.3. The Labute approximate surface area is 265 Å². The molecule has 0 aromatic heterocycles. The molecular weight excluding hydrogens is 566 g/mol. The normalized spacial score (nSPS) is 19.5. The molecular formula is C37H43N3O5. The second-order valence-corrected chi connectivity index (χ2v) is 11.6. The molecule has 4 N–H and O–H groups in total. The van der Waals surface area contributed by atoms with E-state index in [0.29, 0.717) is 26.1 Å². The summed E-state index contributed by atoms with van der Waals surface area (Å²) in [7, 11) is 2.01. The molecule has 8 heteroatoms. The molecule has 0 saturated carbocycles. The van der Waals surface area contributed by atoms with Crippen LogP contribution in [0.15, 0.2) is 109 Å². The average molecular weight is 610 g/mol. The van der Waals surface area contributed by atoms with Gasteiger partial charge in [-0.1, -0.05) is 109 Å². The summed E-state index contributed by atoms with van der Waals surface area (Å²) in [5.74, 6) is 0. The Hall–Kier alpha value is -4.05. The quantitative estimate of drug-likeness (QED) is 0.163. The first-order valence-electron chi connectivity index (χ1n) is 15.5. The summed E-state index contributed by atoms with van der Waals surface area (Å²) in [5.41, 5.74) is 5.63. The zero-order chi connectivity index (χ0) is 31.6. The number of ether oxygens (including phenoxy) is 2. The van der Waals surface area contributed by atoms with Crippen LogP contribution in [0.3, 0.4) is 0 Å². The molecule has 8 nitrogen and oxygen atoms in total. The number of carbonyl (C=O) groups excluding carboxylic acids is 1. The second kappa shape index (κ2) is 15.8. The van der Waals surface area contributed by atoms with Gasteiger partial charge in [0.15, 0.2) is 6.29 Å². The smallest absolute Gasteiger partial charge is 0.315 e. The van der Waals surface area contributed by atoms with Crippen molar-refractivity contribution >= 4 is 6.03 Å². The molecule has 1 fully saturated rings. The lowest BCUT2D eigenvalue weighted by Crippen LogP contribution is -2.43. The molecule has 1 aliphatic heterocycles. The van der Waals surface area contributed by atoms with Crippen LogP contribution in [0.25, 0.3) is 0 Å². The number of aliphatic hydroxyl groups excluding tert-OH is 2. The Morgan fingerprint density at radius 1 is 0.800 bits per heavy atom. The summed E-state index contributed by atoms with van der Waals surface area (Å²) in [4.78, 5) is 14.4. The van der Waals surface area contributed by atoms with Crippen molar-refractivity contribution < 1.29 is 24.5 Å². The number of urea groups is 1. The van der Waals surface area contributed by atoms with Crippen LogP contribution in [0.5, 0.6) is 0 Å². The maximum absolute atomic E-state index is 12.3. The van der Waals surface area contributed by atoms with Gasteiger partial charge >= 0.3 is 6.03 Å². The average Bonchev–Trinajstić information content (AvgIpc) is 3.10. The number of hydrogen-bond donors (Lipinski definition) is 4. The van der Waals surface area contributed by atoms with Gasteiger partial charge in [0.2, 0.25) is 0 Å². The molecule has 5 atom stereocenters. The van der Waals surface area contributed by atoms with Crippen LogP contribution in [-0.2, 0) is 29.2 Å². The number of nitrogens with one attached hydrogen (secondary N) is 2. The van der Waals surface area contributed by atoms with Crippen LogP contribution in [0, 0.1) is 0 Å². The molecule has 1 aliphatic rings. The standard InChI is InChI=1S/C37H43N3O5/c1-26(35(42)31-11-7-4-8-12-31)40(2)24-33-21-34(30-17-15-29(25-41)16-18-30)45-36(44-33)32-19-13-28(14-20-32)23-39-37(43)38-22-27-9-5-3-6-10-27/h3-20,26,33-36,41-42H,21-25H2,1-2H3,(H2,38,39,43)/t26-,33+,34-,35-,36-/m1/s1. The van der Waals surface area contributed by atoms with Crippen LogP contribution in [0.1, 0.15) is 65.2 Å². The van der Waals surface area contributed by atoms with E-state index in [2.05, 4.69) is 15.5 Å².